The molecule has 0 aromatic carbocycles. The average Bonchev–Trinajstić information content (AvgIpc) is 2.27. The van der Waals surface area contributed by atoms with Gasteiger partial charge in [-0.05, 0) is 25.7 Å². The molecule has 1 rings (SSSR count). The number of hydrogen-bond acceptors (Lipinski definition) is 3. The zero-order valence-corrected chi connectivity index (χ0v) is 9.15. The van der Waals surface area contributed by atoms with Gasteiger partial charge < -0.3 is 9.53 Å². The second-order valence-corrected chi connectivity index (χ2v) is 3.86. The van der Waals surface area contributed by atoms with E-state index in [-0.39, 0.29) is 17.8 Å². The predicted molar refractivity (Wildman–Crippen MR) is 57.3 cm³/mol. The molecule has 0 aromatic rings. The molecule has 2 unspecified atom stereocenters. The van der Waals surface area contributed by atoms with Crippen molar-refractivity contribution in [1.29, 1.82) is 0 Å². The molecule has 1 fully saturated rings. The summed E-state index contributed by atoms with van der Waals surface area (Å²) in [6.45, 7) is 2.17. The molecule has 15 heavy (non-hydrogen) atoms. The monoisotopic (exact) mass is 210 g/mol. The molecule has 3 nitrogen and oxygen atoms in total. The minimum absolute atomic E-state index is 0.0874. The fourth-order valence-corrected chi connectivity index (χ4v) is 1.99. The fraction of sp³-hybridized carbons (Fsp3) is 0.667. The first-order valence-corrected chi connectivity index (χ1v) is 5.58. The summed E-state index contributed by atoms with van der Waals surface area (Å²) in [5, 5.41) is 0. The summed E-state index contributed by atoms with van der Waals surface area (Å²) in [5.74, 6) is -0.00203. The Balaban J connectivity index is 2.47. The van der Waals surface area contributed by atoms with Crippen molar-refractivity contribution in [3.8, 4) is 0 Å². The Hall–Kier alpha value is -1.12. The van der Waals surface area contributed by atoms with E-state index in [1.807, 2.05) is 6.08 Å². The van der Waals surface area contributed by atoms with Gasteiger partial charge in [0.1, 0.15) is 6.29 Å². The van der Waals surface area contributed by atoms with Crippen LogP contribution in [-0.2, 0) is 14.3 Å². The molecule has 0 radical (unpaired) electrons. The molecule has 0 N–H and O–H groups in total. The number of allylic oxidation sites excluding steroid dienone is 1. The fourth-order valence-electron chi connectivity index (χ4n) is 1.99. The lowest BCUT2D eigenvalue weighted by Gasteiger charge is -2.24. The first-order valence-electron chi connectivity index (χ1n) is 5.58. The van der Waals surface area contributed by atoms with Crippen molar-refractivity contribution in [3.63, 3.8) is 0 Å². The quantitative estimate of drug-likeness (QED) is 0.405. The van der Waals surface area contributed by atoms with Gasteiger partial charge in [-0.1, -0.05) is 18.9 Å². The van der Waals surface area contributed by atoms with Crippen molar-refractivity contribution < 1.29 is 14.3 Å². The Morgan fingerprint density at radius 3 is 2.60 bits per heavy atom. The van der Waals surface area contributed by atoms with Crippen LogP contribution in [0.1, 0.15) is 32.6 Å². The lowest BCUT2D eigenvalue weighted by Crippen LogP contribution is -2.19. The minimum Gasteiger partial charge on any atom is -0.463 e. The number of hydrogen-bond donors (Lipinski definition) is 0. The summed E-state index contributed by atoms with van der Waals surface area (Å²) in [4.78, 5) is 21.9. The molecular formula is C12H18O3. The molecule has 1 aliphatic rings. The van der Waals surface area contributed by atoms with Gasteiger partial charge in [0.2, 0.25) is 0 Å². The van der Waals surface area contributed by atoms with Gasteiger partial charge in [-0.15, -0.1) is 0 Å². The van der Waals surface area contributed by atoms with Crippen molar-refractivity contribution in [3.05, 3.63) is 12.2 Å². The number of ether oxygens (including phenoxy) is 1. The van der Waals surface area contributed by atoms with E-state index in [9.17, 15) is 9.59 Å². The SMILES string of the molecule is CCOC(=O)/C=C/C1CCCCC1C=O. The molecule has 3 heteroatoms. The van der Waals surface area contributed by atoms with E-state index in [0.29, 0.717) is 6.61 Å². The van der Waals surface area contributed by atoms with Crippen LogP contribution in [0.2, 0.25) is 0 Å². The van der Waals surface area contributed by atoms with Crippen molar-refractivity contribution in [2.45, 2.75) is 32.6 Å². The van der Waals surface area contributed by atoms with Gasteiger partial charge in [0.05, 0.1) is 6.61 Å². The summed E-state index contributed by atoms with van der Waals surface area (Å²) >= 11 is 0. The first kappa shape index (κ1) is 12.0. The second-order valence-electron chi connectivity index (χ2n) is 3.86. The van der Waals surface area contributed by atoms with Gasteiger partial charge in [0, 0.05) is 12.0 Å². The van der Waals surface area contributed by atoms with Gasteiger partial charge >= 0.3 is 5.97 Å². The highest BCUT2D eigenvalue weighted by atomic mass is 16.5. The van der Waals surface area contributed by atoms with Gasteiger partial charge in [-0.2, -0.15) is 0 Å². The highest BCUT2D eigenvalue weighted by Crippen LogP contribution is 2.29. The zero-order chi connectivity index (χ0) is 11.1. The predicted octanol–water partition coefficient (Wildman–Crippen LogP) is 2.11. The smallest absolute Gasteiger partial charge is 0.330 e. The lowest BCUT2D eigenvalue weighted by molar-refractivity contribution is -0.137. The molecule has 0 aliphatic heterocycles. The normalized spacial score (nSPS) is 26.5. The average molecular weight is 210 g/mol. The van der Waals surface area contributed by atoms with Crippen LogP contribution in [0.15, 0.2) is 12.2 Å². The van der Waals surface area contributed by atoms with E-state index >= 15 is 0 Å². The largest absolute Gasteiger partial charge is 0.463 e. The third-order valence-corrected chi connectivity index (χ3v) is 2.82. The Labute approximate surface area is 90.5 Å². The Kier molecular flexibility index (Phi) is 5.08. The van der Waals surface area contributed by atoms with Crippen molar-refractivity contribution >= 4 is 12.3 Å². The van der Waals surface area contributed by atoms with Crippen molar-refractivity contribution in [2.75, 3.05) is 6.61 Å². The van der Waals surface area contributed by atoms with Gasteiger partial charge in [0.15, 0.2) is 0 Å². The van der Waals surface area contributed by atoms with E-state index in [2.05, 4.69) is 0 Å². The molecule has 84 valence electrons. The molecule has 0 saturated heterocycles. The van der Waals surface area contributed by atoms with Gasteiger partial charge in [-0.25, -0.2) is 4.79 Å². The lowest BCUT2D eigenvalue weighted by atomic mass is 9.80. The molecule has 0 heterocycles. The van der Waals surface area contributed by atoms with Crippen LogP contribution in [0, 0.1) is 11.8 Å². The molecule has 0 aromatic heterocycles. The molecular weight excluding hydrogens is 192 g/mol. The highest BCUT2D eigenvalue weighted by molar-refractivity contribution is 5.82. The Bertz CT molecular complexity index is 245. The van der Waals surface area contributed by atoms with E-state index in [0.717, 1.165) is 32.0 Å². The standard InChI is InChI=1S/C12H18O3/c1-2-15-12(14)8-7-10-5-3-4-6-11(10)9-13/h7-11H,2-6H2,1H3/b8-7+. The summed E-state index contributed by atoms with van der Waals surface area (Å²) in [6.07, 6.45) is 8.50. The summed E-state index contributed by atoms with van der Waals surface area (Å²) < 4.78 is 4.79. The maximum absolute atomic E-state index is 11.1. The third-order valence-electron chi connectivity index (χ3n) is 2.82. The number of carbonyl (C=O) groups excluding carboxylic acids is 2. The number of esters is 1. The van der Waals surface area contributed by atoms with Crippen LogP contribution < -0.4 is 0 Å². The van der Waals surface area contributed by atoms with Crippen LogP contribution in [0.3, 0.4) is 0 Å². The minimum atomic E-state index is -0.312. The number of rotatable bonds is 4. The van der Waals surface area contributed by atoms with Gasteiger partial charge in [0.25, 0.3) is 0 Å². The van der Waals surface area contributed by atoms with Crippen LogP contribution >= 0.6 is 0 Å². The molecule has 0 bridgehead atoms. The molecule has 1 saturated carbocycles. The van der Waals surface area contributed by atoms with E-state index in [1.165, 1.54) is 6.08 Å². The van der Waals surface area contributed by atoms with Crippen molar-refractivity contribution in [2.24, 2.45) is 11.8 Å². The maximum atomic E-state index is 11.1. The molecule has 0 spiro atoms. The molecule has 1 aliphatic carbocycles. The van der Waals surface area contributed by atoms with Crippen LogP contribution in [0.5, 0.6) is 0 Å². The van der Waals surface area contributed by atoms with Crippen LogP contribution in [-0.4, -0.2) is 18.9 Å². The van der Waals surface area contributed by atoms with Gasteiger partial charge in [-0.3, -0.25) is 0 Å². The molecule has 0 amide bonds. The maximum Gasteiger partial charge on any atom is 0.330 e. The second kappa shape index (κ2) is 6.38. The van der Waals surface area contributed by atoms with Crippen LogP contribution in [0.25, 0.3) is 0 Å². The van der Waals surface area contributed by atoms with E-state index in [4.69, 9.17) is 4.74 Å². The summed E-state index contributed by atoms with van der Waals surface area (Å²) in [6, 6.07) is 0. The highest BCUT2D eigenvalue weighted by Gasteiger charge is 2.22. The Morgan fingerprint density at radius 2 is 2.00 bits per heavy atom. The zero-order valence-electron chi connectivity index (χ0n) is 9.15. The topological polar surface area (TPSA) is 43.4 Å². The summed E-state index contributed by atoms with van der Waals surface area (Å²) in [5.41, 5.74) is 0. The third kappa shape index (κ3) is 3.86. The Morgan fingerprint density at radius 1 is 1.33 bits per heavy atom. The van der Waals surface area contributed by atoms with E-state index in [1.54, 1.807) is 6.92 Å². The number of carbonyl (C=O) groups is 2. The molecule has 2 atom stereocenters. The van der Waals surface area contributed by atoms with E-state index < -0.39 is 0 Å². The first-order chi connectivity index (χ1) is 7.27. The van der Waals surface area contributed by atoms with Crippen LogP contribution in [0.4, 0.5) is 0 Å². The van der Waals surface area contributed by atoms with Crippen molar-refractivity contribution in [1.82, 2.24) is 0 Å². The summed E-state index contributed by atoms with van der Waals surface area (Å²) in [7, 11) is 0. The number of aldehydes is 1.